The number of anilines is 1. The Morgan fingerprint density at radius 3 is 2.44 bits per heavy atom. The van der Waals surface area contributed by atoms with Gasteiger partial charge in [-0.15, -0.1) is 22.7 Å². The first-order chi connectivity index (χ1) is 12.9. The molecule has 0 aliphatic heterocycles. The number of nitrogens with two attached hydrogens (primary N) is 1. The molecule has 0 unspecified atom stereocenters. The highest BCUT2D eigenvalue weighted by Gasteiger charge is 2.35. The number of carbonyl (C=O) groups excluding carboxylic acids is 1. The SMILES string of the molecule is Nc1c(C(=O)c2ccccc2)sc2nc(C(F)(F)F)cc(-c3cccs3)c12. The lowest BCUT2D eigenvalue weighted by atomic mass is 10.0. The lowest BCUT2D eigenvalue weighted by Gasteiger charge is -2.09. The maximum Gasteiger partial charge on any atom is 0.433 e. The highest BCUT2D eigenvalue weighted by Crippen LogP contribution is 2.43. The molecule has 3 heterocycles. The summed E-state index contributed by atoms with van der Waals surface area (Å²) in [5.74, 6) is -0.332. The predicted octanol–water partition coefficient (Wildman–Crippen LogP) is 5.86. The molecule has 0 radical (unpaired) electrons. The number of halogens is 3. The molecule has 8 heteroatoms. The molecule has 0 atom stereocenters. The van der Waals surface area contributed by atoms with Crippen LogP contribution in [0.2, 0.25) is 0 Å². The number of thiophene rings is 2. The van der Waals surface area contributed by atoms with Gasteiger partial charge in [0.2, 0.25) is 5.78 Å². The van der Waals surface area contributed by atoms with E-state index in [-0.39, 0.29) is 21.2 Å². The van der Waals surface area contributed by atoms with E-state index in [9.17, 15) is 18.0 Å². The van der Waals surface area contributed by atoms with E-state index in [0.717, 1.165) is 17.4 Å². The Morgan fingerprint density at radius 2 is 1.81 bits per heavy atom. The van der Waals surface area contributed by atoms with Gasteiger partial charge in [0.05, 0.1) is 5.69 Å². The van der Waals surface area contributed by atoms with Crippen LogP contribution in [0.25, 0.3) is 20.7 Å². The molecular formula is C19H11F3N2OS2. The molecule has 1 aromatic carbocycles. The number of nitrogens with zero attached hydrogens (tertiary/aromatic N) is 1. The molecule has 3 nitrogen and oxygen atoms in total. The summed E-state index contributed by atoms with van der Waals surface area (Å²) in [5, 5.41) is 2.16. The molecule has 136 valence electrons. The maximum atomic E-state index is 13.3. The second kappa shape index (κ2) is 6.47. The first-order valence-electron chi connectivity index (χ1n) is 7.80. The summed E-state index contributed by atoms with van der Waals surface area (Å²) in [6, 6.07) is 12.9. The molecule has 27 heavy (non-hydrogen) atoms. The van der Waals surface area contributed by atoms with Crippen LogP contribution in [0, 0.1) is 0 Å². The lowest BCUT2D eigenvalue weighted by Crippen LogP contribution is -2.08. The van der Waals surface area contributed by atoms with Gasteiger partial charge in [0, 0.05) is 21.4 Å². The first kappa shape index (κ1) is 17.7. The third-order valence-corrected chi connectivity index (χ3v) is 6.02. The fourth-order valence-corrected chi connectivity index (χ4v) is 4.61. The number of fused-ring (bicyclic) bond motifs is 1. The van der Waals surface area contributed by atoms with Crippen LogP contribution in [-0.4, -0.2) is 10.8 Å². The van der Waals surface area contributed by atoms with E-state index >= 15 is 0 Å². The van der Waals surface area contributed by atoms with Crippen LogP contribution in [0.3, 0.4) is 0 Å². The standard InChI is InChI=1S/C19H11F3N2OS2/c20-19(21,22)13-9-11(12-7-4-8-26-12)14-15(23)17(27-18(14)24-13)16(25)10-5-2-1-3-6-10/h1-9H,23H2. The molecule has 4 rings (SSSR count). The molecule has 0 bridgehead atoms. The van der Waals surface area contributed by atoms with Crippen LogP contribution < -0.4 is 5.73 Å². The molecule has 0 fully saturated rings. The van der Waals surface area contributed by atoms with Gasteiger partial charge in [0.15, 0.2) is 0 Å². The molecule has 3 aromatic heterocycles. The largest absolute Gasteiger partial charge is 0.433 e. The van der Waals surface area contributed by atoms with Gasteiger partial charge >= 0.3 is 6.18 Å². The fraction of sp³-hybridized carbons (Fsp3) is 0.0526. The zero-order valence-corrected chi connectivity index (χ0v) is 15.2. The molecule has 0 saturated heterocycles. The topological polar surface area (TPSA) is 56.0 Å². The van der Waals surface area contributed by atoms with Gasteiger partial charge in [-0.3, -0.25) is 4.79 Å². The van der Waals surface area contributed by atoms with Crippen LogP contribution in [0.5, 0.6) is 0 Å². The van der Waals surface area contributed by atoms with E-state index in [1.807, 2.05) is 0 Å². The number of hydrogen-bond acceptors (Lipinski definition) is 5. The highest BCUT2D eigenvalue weighted by molar-refractivity contribution is 7.21. The number of aromatic nitrogens is 1. The number of carbonyl (C=O) groups is 1. The van der Waals surface area contributed by atoms with E-state index in [1.165, 1.54) is 11.3 Å². The normalized spacial score (nSPS) is 11.8. The minimum Gasteiger partial charge on any atom is -0.397 e. The van der Waals surface area contributed by atoms with Crippen molar-refractivity contribution in [2.75, 3.05) is 5.73 Å². The van der Waals surface area contributed by atoms with Crippen LogP contribution in [-0.2, 0) is 6.18 Å². The van der Waals surface area contributed by atoms with E-state index in [1.54, 1.807) is 47.8 Å². The van der Waals surface area contributed by atoms with Gasteiger partial charge in [-0.2, -0.15) is 13.2 Å². The fourth-order valence-electron chi connectivity index (χ4n) is 2.78. The van der Waals surface area contributed by atoms with Crippen molar-refractivity contribution in [3.8, 4) is 10.4 Å². The van der Waals surface area contributed by atoms with Crippen molar-refractivity contribution in [2.45, 2.75) is 6.18 Å². The molecular weight excluding hydrogens is 393 g/mol. The van der Waals surface area contributed by atoms with E-state index in [0.29, 0.717) is 21.4 Å². The Hall–Kier alpha value is -2.71. The summed E-state index contributed by atoms with van der Waals surface area (Å²) in [5.41, 5.74) is 6.13. The highest BCUT2D eigenvalue weighted by atomic mass is 32.1. The van der Waals surface area contributed by atoms with Gasteiger partial charge in [-0.1, -0.05) is 36.4 Å². The van der Waals surface area contributed by atoms with E-state index < -0.39 is 11.9 Å². The van der Waals surface area contributed by atoms with Gasteiger partial charge in [0.1, 0.15) is 15.4 Å². The predicted molar refractivity (Wildman–Crippen MR) is 102 cm³/mol. The molecule has 0 spiro atoms. The molecule has 4 aromatic rings. The zero-order chi connectivity index (χ0) is 19.2. The molecule has 0 saturated carbocycles. The van der Waals surface area contributed by atoms with Gasteiger partial charge in [-0.25, -0.2) is 4.98 Å². The van der Waals surface area contributed by atoms with Crippen LogP contribution in [0.15, 0.2) is 53.9 Å². The summed E-state index contributed by atoms with van der Waals surface area (Å²) in [6.07, 6.45) is -4.59. The zero-order valence-electron chi connectivity index (χ0n) is 13.6. The Kier molecular flexibility index (Phi) is 4.24. The van der Waals surface area contributed by atoms with Crippen LogP contribution >= 0.6 is 22.7 Å². The Balaban J connectivity index is 1.99. The third kappa shape index (κ3) is 3.11. The number of hydrogen-bond donors (Lipinski definition) is 1. The summed E-state index contributed by atoms with van der Waals surface area (Å²) in [6.45, 7) is 0. The van der Waals surface area contributed by atoms with Crippen molar-refractivity contribution >= 4 is 44.4 Å². The van der Waals surface area contributed by atoms with Gasteiger partial charge in [0.25, 0.3) is 0 Å². The number of alkyl halides is 3. The number of benzene rings is 1. The molecule has 2 N–H and O–H groups in total. The summed E-state index contributed by atoms with van der Waals surface area (Å²) in [7, 11) is 0. The average molecular weight is 404 g/mol. The van der Waals surface area contributed by atoms with Gasteiger partial charge < -0.3 is 5.73 Å². The van der Waals surface area contributed by atoms with Crippen molar-refractivity contribution < 1.29 is 18.0 Å². The van der Waals surface area contributed by atoms with Crippen molar-refractivity contribution in [3.05, 3.63) is 70.0 Å². The Morgan fingerprint density at radius 1 is 1.07 bits per heavy atom. The quantitative estimate of drug-likeness (QED) is 0.435. The minimum atomic E-state index is -4.59. The van der Waals surface area contributed by atoms with Crippen molar-refractivity contribution in [2.24, 2.45) is 0 Å². The number of nitrogen functional groups attached to an aromatic ring is 1. The van der Waals surface area contributed by atoms with Crippen molar-refractivity contribution in [1.82, 2.24) is 4.98 Å². The van der Waals surface area contributed by atoms with E-state index in [2.05, 4.69) is 4.98 Å². The summed E-state index contributed by atoms with van der Waals surface area (Å²) >= 11 is 2.19. The number of ketones is 1. The third-order valence-electron chi connectivity index (χ3n) is 4.02. The summed E-state index contributed by atoms with van der Waals surface area (Å²) in [4.78, 5) is 17.5. The second-order valence-corrected chi connectivity index (χ2v) is 7.70. The monoisotopic (exact) mass is 404 g/mol. The smallest absolute Gasteiger partial charge is 0.397 e. The van der Waals surface area contributed by atoms with Crippen molar-refractivity contribution in [3.63, 3.8) is 0 Å². The average Bonchev–Trinajstić information content (AvgIpc) is 3.29. The Bertz CT molecular complexity index is 1130. The minimum absolute atomic E-state index is 0.102. The van der Waals surface area contributed by atoms with Gasteiger partial charge in [-0.05, 0) is 17.5 Å². The van der Waals surface area contributed by atoms with Crippen molar-refractivity contribution in [1.29, 1.82) is 0 Å². The van der Waals surface area contributed by atoms with Crippen LogP contribution in [0.1, 0.15) is 20.9 Å². The maximum absolute atomic E-state index is 13.3. The molecule has 0 aliphatic carbocycles. The number of rotatable bonds is 3. The van der Waals surface area contributed by atoms with E-state index in [4.69, 9.17) is 5.73 Å². The number of pyridine rings is 1. The lowest BCUT2D eigenvalue weighted by molar-refractivity contribution is -0.140. The summed E-state index contributed by atoms with van der Waals surface area (Å²) < 4.78 is 39.9. The molecule has 0 aliphatic rings. The van der Waals surface area contributed by atoms with Crippen LogP contribution in [0.4, 0.5) is 18.9 Å². The Labute approximate surface area is 159 Å². The second-order valence-electron chi connectivity index (χ2n) is 5.75. The first-order valence-corrected chi connectivity index (χ1v) is 9.49. The molecule has 0 amide bonds.